The number of rotatable bonds is 5. The van der Waals surface area contributed by atoms with Crippen molar-refractivity contribution in [3.05, 3.63) is 57.5 Å². The van der Waals surface area contributed by atoms with Gasteiger partial charge in [0.1, 0.15) is 0 Å². The van der Waals surface area contributed by atoms with Crippen LogP contribution in [-0.4, -0.2) is 14.3 Å². The van der Waals surface area contributed by atoms with Crippen LogP contribution in [0.2, 0.25) is 5.02 Å². The van der Waals surface area contributed by atoms with E-state index in [4.69, 9.17) is 11.6 Å². The highest BCUT2D eigenvalue weighted by Crippen LogP contribution is 2.26. The fourth-order valence-electron chi connectivity index (χ4n) is 2.07. The van der Waals surface area contributed by atoms with Gasteiger partial charge in [-0.1, -0.05) is 39.7 Å². The van der Waals surface area contributed by atoms with Crippen LogP contribution in [0.1, 0.15) is 25.5 Å². The molecule has 0 aliphatic carbocycles. The molecule has 2 N–H and O–H groups in total. The van der Waals surface area contributed by atoms with Crippen LogP contribution in [0.5, 0.6) is 0 Å². The first-order valence-electron chi connectivity index (χ1n) is 7.04. The molecular weight excluding hydrogens is 416 g/mol. The summed E-state index contributed by atoms with van der Waals surface area (Å²) in [6, 6.07) is 11.1. The Hall–Kier alpha value is -1.41. The molecular formula is C16H16BrClN2O3S. The minimum atomic E-state index is -3.74. The van der Waals surface area contributed by atoms with E-state index in [1.807, 2.05) is 24.3 Å². The normalized spacial score (nSPS) is 12.7. The predicted octanol–water partition coefficient (Wildman–Crippen LogP) is 4.10. The quantitative estimate of drug-likeness (QED) is 0.748. The fraction of sp³-hybridized carbons (Fsp3) is 0.188. The van der Waals surface area contributed by atoms with Gasteiger partial charge in [-0.2, -0.15) is 0 Å². The smallest absolute Gasteiger partial charge is 0.241 e. The molecule has 0 saturated heterocycles. The molecule has 0 aromatic heterocycles. The highest BCUT2D eigenvalue weighted by molar-refractivity contribution is 9.10. The van der Waals surface area contributed by atoms with Crippen molar-refractivity contribution < 1.29 is 13.2 Å². The van der Waals surface area contributed by atoms with Gasteiger partial charge in [-0.25, -0.2) is 13.1 Å². The zero-order chi connectivity index (χ0) is 17.9. The highest BCUT2D eigenvalue weighted by Gasteiger charge is 2.19. The van der Waals surface area contributed by atoms with E-state index in [1.54, 1.807) is 6.92 Å². The lowest BCUT2D eigenvalue weighted by atomic mass is 10.1. The molecule has 2 rings (SSSR count). The van der Waals surface area contributed by atoms with Crippen molar-refractivity contribution in [3.8, 4) is 0 Å². The van der Waals surface area contributed by atoms with Crippen LogP contribution in [0.3, 0.4) is 0 Å². The third-order valence-corrected chi connectivity index (χ3v) is 5.64. The number of anilines is 1. The number of carbonyl (C=O) groups is 1. The van der Waals surface area contributed by atoms with Crippen molar-refractivity contribution in [2.75, 3.05) is 5.32 Å². The molecule has 0 bridgehead atoms. The van der Waals surface area contributed by atoms with Gasteiger partial charge in [0.15, 0.2) is 0 Å². The van der Waals surface area contributed by atoms with Crippen LogP contribution in [0, 0.1) is 0 Å². The Kier molecular flexibility index (Phi) is 6.03. The van der Waals surface area contributed by atoms with E-state index in [9.17, 15) is 13.2 Å². The molecule has 0 radical (unpaired) electrons. The van der Waals surface area contributed by atoms with Crippen LogP contribution in [0.15, 0.2) is 51.8 Å². The van der Waals surface area contributed by atoms with Crippen LogP contribution in [0.25, 0.3) is 0 Å². The first kappa shape index (κ1) is 18.9. The Morgan fingerprint density at radius 3 is 2.33 bits per heavy atom. The summed E-state index contributed by atoms with van der Waals surface area (Å²) >= 11 is 9.38. The minimum Gasteiger partial charge on any atom is -0.325 e. The number of halogens is 2. The number of hydrogen-bond donors (Lipinski definition) is 2. The number of amides is 1. The molecule has 0 aliphatic heterocycles. The molecule has 5 nitrogen and oxygen atoms in total. The molecule has 128 valence electrons. The Balaban J connectivity index is 2.22. The standard InChI is InChI=1S/C16H16BrClN2O3S/c1-10(12-3-5-13(17)6-4-12)20-24(22,23)14-7-8-16(15(18)9-14)19-11(2)21/h3-10,20H,1-2H3,(H,19,21). The highest BCUT2D eigenvalue weighted by atomic mass is 79.9. The lowest BCUT2D eigenvalue weighted by molar-refractivity contribution is -0.114. The van der Waals surface area contributed by atoms with Crippen LogP contribution < -0.4 is 10.0 Å². The van der Waals surface area contributed by atoms with E-state index >= 15 is 0 Å². The molecule has 2 aromatic rings. The third kappa shape index (κ3) is 4.80. The van der Waals surface area contributed by atoms with E-state index in [-0.39, 0.29) is 15.8 Å². The van der Waals surface area contributed by atoms with Gasteiger partial charge in [-0.15, -0.1) is 0 Å². The largest absolute Gasteiger partial charge is 0.325 e. The Bertz CT molecular complexity index is 854. The lowest BCUT2D eigenvalue weighted by Crippen LogP contribution is -2.27. The van der Waals surface area contributed by atoms with E-state index in [0.29, 0.717) is 5.69 Å². The monoisotopic (exact) mass is 430 g/mol. The van der Waals surface area contributed by atoms with Gasteiger partial charge >= 0.3 is 0 Å². The summed E-state index contributed by atoms with van der Waals surface area (Å²) in [6.07, 6.45) is 0. The molecule has 0 fully saturated rings. The second-order valence-electron chi connectivity index (χ2n) is 5.22. The van der Waals surface area contributed by atoms with Crippen molar-refractivity contribution in [2.24, 2.45) is 0 Å². The maximum absolute atomic E-state index is 12.5. The van der Waals surface area contributed by atoms with Crippen LogP contribution >= 0.6 is 27.5 Å². The maximum atomic E-state index is 12.5. The minimum absolute atomic E-state index is 0.0329. The topological polar surface area (TPSA) is 75.3 Å². The number of sulfonamides is 1. The fourth-order valence-corrected chi connectivity index (χ4v) is 3.89. The first-order valence-corrected chi connectivity index (χ1v) is 9.69. The second kappa shape index (κ2) is 7.65. The molecule has 2 aromatic carbocycles. The van der Waals surface area contributed by atoms with Gasteiger partial charge in [0.2, 0.25) is 15.9 Å². The van der Waals surface area contributed by atoms with E-state index in [1.165, 1.54) is 25.1 Å². The second-order valence-corrected chi connectivity index (χ2v) is 8.25. The molecule has 1 amide bonds. The van der Waals surface area contributed by atoms with Crippen LogP contribution in [-0.2, 0) is 14.8 Å². The molecule has 1 atom stereocenters. The van der Waals surface area contributed by atoms with Gasteiger partial charge in [-0.3, -0.25) is 4.79 Å². The number of nitrogens with one attached hydrogen (secondary N) is 2. The Morgan fingerprint density at radius 1 is 1.17 bits per heavy atom. The molecule has 0 heterocycles. The predicted molar refractivity (Wildman–Crippen MR) is 98.6 cm³/mol. The summed E-state index contributed by atoms with van der Waals surface area (Å²) in [5.41, 5.74) is 1.20. The summed E-state index contributed by atoms with van der Waals surface area (Å²) in [6.45, 7) is 3.11. The van der Waals surface area contributed by atoms with Crippen molar-refractivity contribution in [3.63, 3.8) is 0 Å². The summed E-state index contributed by atoms with van der Waals surface area (Å²) in [4.78, 5) is 11.1. The van der Waals surface area contributed by atoms with Crippen molar-refractivity contribution in [1.29, 1.82) is 0 Å². The van der Waals surface area contributed by atoms with Gasteiger partial charge < -0.3 is 5.32 Å². The van der Waals surface area contributed by atoms with E-state index in [2.05, 4.69) is 26.0 Å². The maximum Gasteiger partial charge on any atom is 0.241 e. The zero-order valence-corrected chi connectivity index (χ0v) is 16.2. The Morgan fingerprint density at radius 2 is 1.79 bits per heavy atom. The number of hydrogen-bond acceptors (Lipinski definition) is 3. The summed E-state index contributed by atoms with van der Waals surface area (Å²) in [7, 11) is -3.74. The van der Waals surface area contributed by atoms with Crippen molar-refractivity contribution in [1.82, 2.24) is 4.72 Å². The first-order chi connectivity index (χ1) is 11.2. The lowest BCUT2D eigenvalue weighted by Gasteiger charge is -2.15. The van der Waals surface area contributed by atoms with Gasteiger partial charge in [0.25, 0.3) is 0 Å². The third-order valence-electron chi connectivity index (χ3n) is 3.26. The summed E-state index contributed by atoms with van der Waals surface area (Å²) in [5, 5.41) is 2.69. The molecule has 0 aliphatic rings. The van der Waals surface area contributed by atoms with Gasteiger partial charge in [-0.05, 0) is 42.8 Å². The summed E-state index contributed by atoms with van der Waals surface area (Å²) < 4.78 is 28.5. The average molecular weight is 432 g/mol. The molecule has 8 heteroatoms. The molecule has 24 heavy (non-hydrogen) atoms. The molecule has 1 unspecified atom stereocenters. The zero-order valence-electron chi connectivity index (χ0n) is 13.0. The van der Waals surface area contributed by atoms with Crippen molar-refractivity contribution in [2.45, 2.75) is 24.8 Å². The SMILES string of the molecule is CC(=O)Nc1ccc(S(=O)(=O)NC(C)c2ccc(Br)cc2)cc1Cl. The van der Waals surface area contributed by atoms with E-state index < -0.39 is 16.1 Å². The number of benzene rings is 2. The van der Waals surface area contributed by atoms with Crippen molar-refractivity contribution >= 4 is 49.1 Å². The molecule has 0 spiro atoms. The molecule has 0 saturated carbocycles. The number of carbonyl (C=O) groups excluding carboxylic acids is 1. The van der Waals surface area contributed by atoms with Gasteiger partial charge in [0, 0.05) is 17.4 Å². The Labute approximate surface area is 154 Å². The van der Waals surface area contributed by atoms with E-state index in [0.717, 1.165) is 10.0 Å². The summed E-state index contributed by atoms with van der Waals surface area (Å²) in [5.74, 6) is -0.283. The van der Waals surface area contributed by atoms with Crippen LogP contribution in [0.4, 0.5) is 5.69 Å². The average Bonchev–Trinajstić information content (AvgIpc) is 2.49. The van der Waals surface area contributed by atoms with Gasteiger partial charge in [0.05, 0.1) is 15.6 Å².